The lowest BCUT2D eigenvalue weighted by Crippen LogP contribution is -2.55. The number of Topliss-reactive ketones (excluding diaryl/α,β-unsaturated/α-hetero) is 1. The Labute approximate surface area is 286 Å². The zero-order valence-corrected chi connectivity index (χ0v) is 29.7. The molecule has 1 aromatic rings. The van der Waals surface area contributed by atoms with Gasteiger partial charge in [0.05, 0.1) is 24.9 Å². The minimum atomic E-state index is -1.62. The summed E-state index contributed by atoms with van der Waals surface area (Å²) >= 11 is 1.05. The Hall–Kier alpha value is -2.87. The van der Waals surface area contributed by atoms with Crippen LogP contribution < -0.4 is 15.0 Å². The largest absolute Gasteiger partial charge is 0.509 e. The molecule has 13 heteroatoms. The van der Waals surface area contributed by atoms with Crippen molar-refractivity contribution in [2.45, 2.75) is 96.8 Å². The van der Waals surface area contributed by atoms with E-state index >= 15 is 0 Å². The first kappa shape index (κ1) is 35.0. The number of carbonyl (C=O) groups excluding carboxylic acids is 3. The van der Waals surface area contributed by atoms with Crippen LogP contribution in [0.25, 0.3) is 0 Å². The van der Waals surface area contributed by atoms with E-state index in [1.807, 2.05) is 38.7 Å². The summed E-state index contributed by atoms with van der Waals surface area (Å²) in [7, 11) is 0. The van der Waals surface area contributed by atoms with Crippen LogP contribution in [0.2, 0.25) is 0 Å². The van der Waals surface area contributed by atoms with Crippen LogP contribution in [0.5, 0.6) is 5.88 Å². The second-order valence-corrected chi connectivity index (χ2v) is 16.1. The summed E-state index contributed by atoms with van der Waals surface area (Å²) in [4.78, 5) is 40.9. The van der Waals surface area contributed by atoms with Crippen LogP contribution in [-0.4, -0.2) is 94.9 Å². The van der Waals surface area contributed by atoms with Crippen molar-refractivity contribution in [1.29, 1.82) is 0 Å². The number of morpholine rings is 1. The standard InChI is InChI=1S/C35H50N4O8S/c1-32(2,3)36-19-24(20-45-30-29(37-48-38-30)39-14-16-44-17-15-39)47-31(42)46-21-28(41)35(43)13-10-27-25-7-6-22-18-23(40)8-11-33(22,4)26(25)9-12-34(27,35)5/h9,18,24-25,27,36,43H,6-8,10-17,19-21H2,1-5H3/t24?,25-,27+,33+,34+,35+/m1/s1. The molecule has 1 aromatic heterocycles. The van der Waals surface area contributed by atoms with Crippen LogP contribution in [0.4, 0.5) is 10.6 Å². The highest BCUT2D eigenvalue weighted by Gasteiger charge is 2.64. The van der Waals surface area contributed by atoms with Crippen LogP contribution in [0, 0.1) is 22.7 Å². The first-order valence-electron chi connectivity index (χ1n) is 17.3. The molecule has 2 heterocycles. The second-order valence-electron chi connectivity index (χ2n) is 15.5. The van der Waals surface area contributed by atoms with Gasteiger partial charge >= 0.3 is 6.16 Å². The van der Waals surface area contributed by atoms with E-state index in [0.717, 1.165) is 37.4 Å². The fraction of sp³-hybridized carbons (Fsp3) is 0.743. The van der Waals surface area contributed by atoms with E-state index in [1.165, 1.54) is 11.1 Å². The van der Waals surface area contributed by atoms with E-state index in [1.54, 1.807) is 0 Å². The van der Waals surface area contributed by atoms with Crippen molar-refractivity contribution in [2.24, 2.45) is 22.7 Å². The molecule has 0 spiro atoms. The van der Waals surface area contributed by atoms with Gasteiger partial charge in [0.15, 0.2) is 18.5 Å². The topological polar surface area (TPSA) is 149 Å². The van der Waals surface area contributed by atoms with Gasteiger partial charge in [-0.2, -0.15) is 4.37 Å². The van der Waals surface area contributed by atoms with Crippen molar-refractivity contribution in [1.82, 2.24) is 14.1 Å². The molecule has 48 heavy (non-hydrogen) atoms. The van der Waals surface area contributed by atoms with Crippen molar-refractivity contribution >= 4 is 35.3 Å². The van der Waals surface area contributed by atoms with Gasteiger partial charge in [0.1, 0.15) is 12.2 Å². The molecule has 0 radical (unpaired) electrons. The Kier molecular flexibility index (Phi) is 9.80. The molecule has 6 atom stereocenters. The number of allylic oxidation sites excluding steroid dienone is 4. The van der Waals surface area contributed by atoms with Crippen LogP contribution >= 0.6 is 11.7 Å². The number of carbonyl (C=O) groups is 3. The molecule has 1 saturated heterocycles. The van der Waals surface area contributed by atoms with Crippen molar-refractivity contribution < 1.29 is 38.4 Å². The highest BCUT2D eigenvalue weighted by Crippen LogP contribution is 2.65. The molecular weight excluding hydrogens is 636 g/mol. The van der Waals surface area contributed by atoms with Gasteiger partial charge in [0.2, 0.25) is 11.6 Å². The summed E-state index contributed by atoms with van der Waals surface area (Å²) in [6.07, 6.45) is 7.08. The number of ether oxygens (including phenoxy) is 4. The van der Waals surface area contributed by atoms with E-state index in [0.29, 0.717) is 57.3 Å². The monoisotopic (exact) mass is 686 g/mol. The molecule has 2 N–H and O–H groups in total. The van der Waals surface area contributed by atoms with E-state index in [4.69, 9.17) is 18.9 Å². The maximum absolute atomic E-state index is 13.7. The molecule has 0 bridgehead atoms. The Balaban J connectivity index is 1.08. The average Bonchev–Trinajstić information content (AvgIpc) is 3.64. The van der Waals surface area contributed by atoms with Gasteiger partial charge in [0, 0.05) is 42.4 Å². The Morgan fingerprint density at radius 2 is 1.94 bits per heavy atom. The molecule has 1 unspecified atom stereocenters. The number of aliphatic hydroxyl groups is 1. The predicted octanol–water partition coefficient (Wildman–Crippen LogP) is 4.42. The predicted molar refractivity (Wildman–Crippen MR) is 179 cm³/mol. The van der Waals surface area contributed by atoms with Gasteiger partial charge in [-0.15, -0.1) is 4.37 Å². The fourth-order valence-corrected chi connectivity index (χ4v) is 9.22. The first-order chi connectivity index (χ1) is 22.7. The molecule has 0 aromatic carbocycles. The number of ketones is 2. The van der Waals surface area contributed by atoms with Gasteiger partial charge in [-0.05, 0) is 77.2 Å². The van der Waals surface area contributed by atoms with Crippen LogP contribution in [0.3, 0.4) is 0 Å². The molecular formula is C35H50N4O8S. The number of fused-ring (bicyclic) bond motifs is 5. The molecule has 1 aliphatic heterocycles. The van der Waals surface area contributed by atoms with Crippen molar-refractivity contribution in [2.75, 3.05) is 51.0 Å². The lowest BCUT2D eigenvalue weighted by molar-refractivity contribution is -0.156. The number of nitrogens with one attached hydrogen (secondary N) is 1. The summed E-state index contributed by atoms with van der Waals surface area (Å²) in [5.41, 5.74) is -0.0874. The van der Waals surface area contributed by atoms with Gasteiger partial charge < -0.3 is 34.3 Å². The number of hydrogen-bond acceptors (Lipinski definition) is 13. The number of anilines is 1. The van der Waals surface area contributed by atoms with Crippen LogP contribution in [0.15, 0.2) is 23.3 Å². The highest BCUT2D eigenvalue weighted by atomic mass is 32.1. The minimum absolute atomic E-state index is 0.00138. The van der Waals surface area contributed by atoms with Crippen molar-refractivity contribution in [3.8, 4) is 5.88 Å². The van der Waals surface area contributed by atoms with E-state index in [-0.39, 0.29) is 41.7 Å². The smallest absolute Gasteiger partial charge is 0.470 e. The van der Waals surface area contributed by atoms with Crippen LogP contribution in [0.1, 0.15) is 79.6 Å². The molecule has 12 nitrogen and oxygen atoms in total. The molecule has 2 saturated carbocycles. The fourth-order valence-electron chi connectivity index (χ4n) is 8.70. The third-order valence-electron chi connectivity index (χ3n) is 11.6. The highest BCUT2D eigenvalue weighted by molar-refractivity contribution is 6.99. The van der Waals surface area contributed by atoms with Gasteiger partial charge in [-0.1, -0.05) is 31.1 Å². The average molecular weight is 687 g/mol. The molecule has 3 fully saturated rings. The molecule has 0 amide bonds. The first-order valence-corrected chi connectivity index (χ1v) is 18.0. The third-order valence-corrected chi connectivity index (χ3v) is 12.1. The SMILES string of the molecule is CC(C)(C)NCC(COc1nsnc1N1CCOCC1)OC(=O)OCC(=O)[C@@]1(O)CC[C@H]2[C@@H]3CCC4=CC(=O)CC[C@]4(C)C3=CC[C@@]21C. The Morgan fingerprint density at radius 1 is 1.17 bits per heavy atom. The van der Waals surface area contributed by atoms with Gasteiger partial charge in [0.25, 0.3) is 5.88 Å². The van der Waals surface area contributed by atoms with Gasteiger partial charge in [-0.3, -0.25) is 9.59 Å². The summed E-state index contributed by atoms with van der Waals surface area (Å²) in [5, 5.41) is 15.3. The normalized spacial score (nSPS) is 32.3. The zero-order chi connectivity index (χ0) is 34.3. The number of hydrogen-bond donors (Lipinski definition) is 2. The molecule has 6 rings (SSSR count). The van der Waals surface area contributed by atoms with Crippen molar-refractivity contribution in [3.63, 3.8) is 0 Å². The Bertz CT molecular complexity index is 1460. The summed E-state index contributed by atoms with van der Waals surface area (Å²) < 4.78 is 31.1. The summed E-state index contributed by atoms with van der Waals surface area (Å²) in [6, 6.07) is 0. The van der Waals surface area contributed by atoms with E-state index < -0.39 is 35.7 Å². The lowest BCUT2D eigenvalue weighted by Gasteiger charge is -2.54. The van der Waals surface area contributed by atoms with Crippen molar-refractivity contribution in [3.05, 3.63) is 23.3 Å². The van der Waals surface area contributed by atoms with E-state index in [9.17, 15) is 19.5 Å². The van der Waals surface area contributed by atoms with Crippen LogP contribution in [-0.2, 0) is 23.8 Å². The zero-order valence-electron chi connectivity index (χ0n) is 28.8. The summed E-state index contributed by atoms with van der Waals surface area (Å²) in [5.74, 6) is 1.08. The maximum atomic E-state index is 13.7. The molecule has 5 aliphatic rings. The summed E-state index contributed by atoms with van der Waals surface area (Å²) in [6.45, 7) is 12.5. The second kappa shape index (κ2) is 13.4. The quantitative estimate of drug-likeness (QED) is 0.265. The number of rotatable bonds is 10. The molecule has 264 valence electrons. The maximum Gasteiger partial charge on any atom is 0.509 e. The third kappa shape index (κ3) is 6.67. The number of nitrogens with zero attached hydrogens (tertiary/aromatic N) is 3. The minimum Gasteiger partial charge on any atom is -0.470 e. The number of aromatic nitrogens is 2. The molecule has 4 aliphatic carbocycles. The lowest BCUT2D eigenvalue weighted by atomic mass is 9.50. The Morgan fingerprint density at radius 3 is 2.69 bits per heavy atom. The van der Waals surface area contributed by atoms with E-state index in [2.05, 4.69) is 27.1 Å². The van der Waals surface area contributed by atoms with Gasteiger partial charge in [-0.25, -0.2) is 4.79 Å².